The molecule has 1 aliphatic heterocycles. The maximum atomic E-state index is 12.3. The van der Waals surface area contributed by atoms with Gasteiger partial charge in [-0.05, 0) is 71.6 Å². The summed E-state index contributed by atoms with van der Waals surface area (Å²) in [4.78, 5) is 16.6. The molecule has 0 saturated carbocycles. The molecule has 2 heterocycles. The minimum Gasteiger partial charge on any atom is -0.385 e. The fourth-order valence-corrected chi connectivity index (χ4v) is 2.64. The Morgan fingerprint density at radius 2 is 2.19 bits per heavy atom. The van der Waals surface area contributed by atoms with Gasteiger partial charge < -0.3 is 10.6 Å². The highest BCUT2D eigenvalue weighted by atomic mass is 79.9. The zero-order valence-corrected chi connectivity index (χ0v) is 13.3. The van der Waals surface area contributed by atoms with Crippen molar-refractivity contribution in [1.82, 2.24) is 4.98 Å². The van der Waals surface area contributed by atoms with Gasteiger partial charge in [0, 0.05) is 22.3 Å². The Morgan fingerprint density at radius 1 is 1.33 bits per heavy atom. The van der Waals surface area contributed by atoms with Crippen LogP contribution in [0.15, 0.2) is 34.8 Å². The van der Waals surface area contributed by atoms with E-state index in [1.165, 1.54) is 5.56 Å². The molecular formula is C16H16BrN3O. The van der Waals surface area contributed by atoms with Gasteiger partial charge >= 0.3 is 0 Å². The van der Waals surface area contributed by atoms with E-state index < -0.39 is 0 Å². The van der Waals surface area contributed by atoms with Crippen LogP contribution in [0.2, 0.25) is 0 Å². The molecule has 0 bridgehead atoms. The van der Waals surface area contributed by atoms with Gasteiger partial charge in [-0.15, -0.1) is 0 Å². The number of fused-ring (bicyclic) bond motifs is 1. The summed E-state index contributed by atoms with van der Waals surface area (Å²) in [7, 11) is 0. The molecule has 0 atom stereocenters. The van der Waals surface area contributed by atoms with Gasteiger partial charge in [-0.3, -0.25) is 4.79 Å². The number of aromatic nitrogens is 1. The number of anilines is 2. The van der Waals surface area contributed by atoms with Gasteiger partial charge in [-0.25, -0.2) is 4.98 Å². The average Bonchev–Trinajstić information content (AvgIpc) is 2.50. The Labute approximate surface area is 132 Å². The van der Waals surface area contributed by atoms with Crippen molar-refractivity contribution >= 4 is 33.3 Å². The third-order valence-electron chi connectivity index (χ3n) is 3.57. The smallest absolute Gasteiger partial charge is 0.256 e. The highest BCUT2D eigenvalue weighted by Crippen LogP contribution is 2.23. The number of amides is 1. The maximum Gasteiger partial charge on any atom is 0.256 e. The van der Waals surface area contributed by atoms with Gasteiger partial charge in [0.25, 0.3) is 5.91 Å². The second kappa shape index (κ2) is 5.85. The first kappa shape index (κ1) is 14.1. The van der Waals surface area contributed by atoms with Gasteiger partial charge in [0.1, 0.15) is 5.82 Å². The Kier molecular flexibility index (Phi) is 3.92. The molecule has 0 spiro atoms. The third-order valence-corrected chi connectivity index (χ3v) is 4.41. The Bertz CT molecular complexity index is 700. The molecule has 0 saturated heterocycles. The van der Waals surface area contributed by atoms with Crippen LogP contribution in [0, 0.1) is 6.92 Å². The highest BCUT2D eigenvalue weighted by Gasteiger charge is 2.13. The molecular weight excluding hydrogens is 330 g/mol. The fraction of sp³-hybridized carbons (Fsp3) is 0.250. The van der Waals surface area contributed by atoms with Crippen molar-refractivity contribution in [1.29, 1.82) is 0 Å². The zero-order valence-electron chi connectivity index (χ0n) is 11.7. The summed E-state index contributed by atoms with van der Waals surface area (Å²) < 4.78 is 0.931. The molecule has 0 unspecified atom stereocenters. The van der Waals surface area contributed by atoms with Crippen molar-refractivity contribution < 1.29 is 4.79 Å². The number of halogens is 1. The molecule has 1 aromatic carbocycles. The zero-order chi connectivity index (χ0) is 14.8. The molecule has 2 N–H and O–H groups in total. The van der Waals surface area contributed by atoms with E-state index in [-0.39, 0.29) is 5.91 Å². The van der Waals surface area contributed by atoms with Gasteiger partial charge in [-0.2, -0.15) is 0 Å². The van der Waals surface area contributed by atoms with E-state index in [9.17, 15) is 4.79 Å². The molecule has 3 rings (SSSR count). The van der Waals surface area contributed by atoms with Crippen molar-refractivity contribution in [3.8, 4) is 0 Å². The van der Waals surface area contributed by atoms with Crippen LogP contribution in [0.1, 0.15) is 28.0 Å². The number of hydrogen-bond donors (Lipinski definition) is 2. The van der Waals surface area contributed by atoms with Crippen molar-refractivity contribution in [2.24, 2.45) is 0 Å². The molecule has 0 radical (unpaired) electrons. The summed E-state index contributed by atoms with van der Waals surface area (Å²) >= 11 is 3.40. The lowest BCUT2D eigenvalue weighted by Gasteiger charge is -2.18. The minimum absolute atomic E-state index is 0.127. The first-order valence-electron chi connectivity index (χ1n) is 6.95. The number of carbonyl (C=O) groups excluding carboxylic acids is 1. The Hall–Kier alpha value is -1.88. The fourth-order valence-electron chi connectivity index (χ4n) is 2.42. The van der Waals surface area contributed by atoms with Crippen molar-refractivity contribution in [2.45, 2.75) is 19.8 Å². The minimum atomic E-state index is -0.127. The normalized spacial score (nSPS) is 13.2. The van der Waals surface area contributed by atoms with E-state index in [1.807, 2.05) is 31.2 Å². The molecule has 1 aromatic heterocycles. The summed E-state index contributed by atoms with van der Waals surface area (Å²) in [6.45, 7) is 2.89. The van der Waals surface area contributed by atoms with Crippen LogP contribution in [0.3, 0.4) is 0 Å². The van der Waals surface area contributed by atoms with Crippen LogP contribution in [-0.4, -0.2) is 17.4 Å². The first-order valence-corrected chi connectivity index (χ1v) is 7.74. The third kappa shape index (κ3) is 3.08. The number of aryl methyl sites for hydroxylation is 2. The topological polar surface area (TPSA) is 54.0 Å². The molecule has 21 heavy (non-hydrogen) atoms. The lowest BCUT2D eigenvalue weighted by Crippen LogP contribution is -2.16. The molecule has 0 aliphatic carbocycles. The van der Waals surface area contributed by atoms with E-state index in [2.05, 4.69) is 31.5 Å². The standard InChI is InChI=1S/C16H16BrN3O/c1-10-13(17)5-7-15(19-10)20-16(21)12-4-6-14-11(9-12)3-2-8-18-14/h4-7,9,18H,2-3,8H2,1H3,(H,19,20,21). The highest BCUT2D eigenvalue weighted by molar-refractivity contribution is 9.10. The Morgan fingerprint density at radius 3 is 3.00 bits per heavy atom. The van der Waals surface area contributed by atoms with Crippen LogP contribution >= 0.6 is 15.9 Å². The number of pyridine rings is 1. The molecule has 1 aliphatic rings. The first-order chi connectivity index (χ1) is 10.1. The van der Waals surface area contributed by atoms with Crippen LogP contribution < -0.4 is 10.6 Å². The van der Waals surface area contributed by atoms with Gasteiger partial charge in [-0.1, -0.05) is 0 Å². The van der Waals surface area contributed by atoms with Gasteiger partial charge in [0.15, 0.2) is 0 Å². The molecule has 108 valence electrons. The number of carbonyl (C=O) groups is 1. The van der Waals surface area contributed by atoms with Gasteiger partial charge in [0.2, 0.25) is 0 Å². The van der Waals surface area contributed by atoms with Crippen molar-refractivity contribution in [3.05, 3.63) is 51.6 Å². The lowest BCUT2D eigenvalue weighted by molar-refractivity contribution is 0.102. The summed E-state index contributed by atoms with van der Waals surface area (Å²) in [5.74, 6) is 0.439. The van der Waals surface area contributed by atoms with Crippen LogP contribution in [-0.2, 0) is 6.42 Å². The van der Waals surface area contributed by atoms with E-state index in [0.717, 1.165) is 35.2 Å². The molecule has 1 amide bonds. The van der Waals surface area contributed by atoms with E-state index in [0.29, 0.717) is 11.4 Å². The second-order valence-electron chi connectivity index (χ2n) is 5.12. The van der Waals surface area contributed by atoms with Crippen LogP contribution in [0.5, 0.6) is 0 Å². The van der Waals surface area contributed by atoms with Crippen LogP contribution in [0.4, 0.5) is 11.5 Å². The Balaban J connectivity index is 1.80. The quantitative estimate of drug-likeness (QED) is 0.871. The number of nitrogens with one attached hydrogen (secondary N) is 2. The van der Waals surface area contributed by atoms with Crippen molar-refractivity contribution in [2.75, 3.05) is 17.2 Å². The second-order valence-corrected chi connectivity index (χ2v) is 5.97. The summed E-state index contributed by atoms with van der Waals surface area (Å²) in [5.41, 5.74) is 3.85. The number of hydrogen-bond acceptors (Lipinski definition) is 3. The lowest BCUT2D eigenvalue weighted by atomic mass is 10.0. The van der Waals surface area contributed by atoms with E-state index in [1.54, 1.807) is 6.07 Å². The molecule has 2 aromatic rings. The summed E-state index contributed by atoms with van der Waals surface area (Å²) in [5, 5.41) is 6.18. The summed E-state index contributed by atoms with van der Waals surface area (Å²) in [6.07, 6.45) is 2.12. The predicted molar refractivity (Wildman–Crippen MR) is 87.9 cm³/mol. The molecule has 4 nitrogen and oxygen atoms in total. The largest absolute Gasteiger partial charge is 0.385 e. The summed E-state index contributed by atoms with van der Waals surface area (Å²) in [6, 6.07) is 9.45. The molecule has 5 heteroatoms. The number of nitrogens with zero attached hydrogens (tertiary/aromatic N) is 1. The SMILES string of the molecule is Cc1nc(NC(=O)c2ccc3c(c2)CCCN3)ccc1Br. The van der Waals surface area contributed by atoms with E-state index >= 15 is 0 Å². The van der Waals surface area contributed by atoms with Crippen molar-refractivity contribution in [3.63, 3.8) is 0 Å². The predicted octanol–water partition coefficient (Wildman–Crippen LogP) is 3.76. The van der Waals surface area contributed by atoms with Crippen LogP contribution in [0.25, 0.3) is 0 Å². The van der Waals surface area contributed by atoms with E-state index in [4.69, 9.17) is 0 Å². The average molecular weight is 346 g/mol. The molecule has 0 fully saturated rings. The van der Waals surface area contributed by atoms with Gasteiger partial charge in [0.05, 0.1) is 5.69 Å². The maximum absolute atomic E-state index is 12.3. The monoisotopic (exact) mass is 345 g/mol. The number of rotatable bonds is 2. The number of benzene rings is 1.